The number of rotatable bonds is 1. The normalized spacial score (nSPS) is 10.2. The first-order valence-electron chi connectivity index (χ1n) is 4.91. The lowest BCUT2D eigenvalue weighted by Crippen LogP contribution is -2.24. The molecule has 4 N–H and O–H groups in total. The summed E-state index contributed by atoms with van der Waals surface area (Å²) >= 11 is 0. The zero-order chi connectivity index (χ0) is 12.4. The quantitative estimate of drug-likeness (QED) is 0.574. The van der Waals surface area contributed by atoms with Crippen molar-refractivity contribution in [2.75, 3.05) is 0 Å². The second-order valence-corrected chi connectivity index (χ2v) is 3.48. The van der Waals surface area contributed by atoms with Crippen molar-refractivity contribution in [2.45, 2.75) is 0 Å². The SMILES string of the molecule is NC(N)=NC(=O)c1ccc(F)c2ccccc12. The van der Waals surface area contributed by atoms with Crippen LogP contribution in [0.4, 0.5) is 4.39 Å². The van der Waals surface area contributed by atoms with Crippen molar-refractivity contribution in [3.63, 3.8) is 0 Å². The van der Waals surface area contributed by atoms with Crippen molar-refractivity contribution in [3.8, 4) is 0 Å². The van der Waals surface area contributed by atoms with Crippen molar-refractivity contribution in [3.05, 3.63) is 47.8 Å². The smallest absolute Gasteiger partial charge is 0.280 e. The third kappa shape index (κ3) is 2.08. The van der Waals surface area contributed by atoms with Gasteiger partial charge in [-0.3, -0.25) is 4.79 Å². The van der Waals surface area contributed by atoms with Gasteiger partial charge in [-0.2, -0.15) is 4.99 Å². The van der Waals surface area contributed by atoms with Crippen LogP contribution in [0.25, 0.3) is 10.8 Å². The highest BCUT2D eigenvalue weighted by molar-refractivity contribution is 6.10. The second-order valence-electron chi connectivity index (χ2n) is 3.48. The lowest BCUT2D eigenvalue weighted by molar-refractivity contribution is 0.100. The number of carbonyl (C=O) groups is 1. The molecule has 1 amide bonds. The van der Waals surface area contributed by atoms with Crippen LogP contribution in [0.1, 0.15) is 10.4 Å². The molecule has 17 heavy (non-hydrogen) atoms. The summed E-state index contributed by atoms with van der Waals surface area (Å²) in [6.07, 6.45) is 0. The van der Waals surface area contributed by atoms with Crippen molar-refractivity contribution in [2.24, 2.45) is 16.5 Å². The Bertz CT molecular complexity index is 618. The Balaban J connectivity index is 2.67. The molecule has 0 fully saturated rings. The van der Waals surface area contributed by atoms with Crippen molar-refractivity contribution < 1.29 is 9.18 Å². The van der Waals surface area contributed by atoms with Crippen LogP contribution in [0.2, 0.25) is 0 Å². The largest absolute Gasteiger partial charge is 0.370 e. The molecule has 0 saturated heterocycles. The number of hydrogen-bond acceptors (Lipinski definition) is 1. The van der Waals surface area contributed by atoms with Crippen molar-refractivity contribution in [1.29, 1.82) is 0 Å². The van der Waals surface area contributed by atoms with Crippen molar-refractivity contribution in [1.82, 2.24) is 0 Å². The van der Waals surface area contributed by atoms with E-state index in [1.54, 1.807) is 24.3 Å². The Morgan fingerprint density at radius 3 is 2.35 bits per heavy atom. The molecule has 2 rings (SSSR count). The number of carbonyl (C=O) groups excluding carboxylic acids is 1. The molecule has 0 aliphatic rings. The lowest BCUT2D eigenvalue weighted by Gasteiger charge is -2.04. The first-order valence-corrected chi connectivity index (χ1v) is 4.91. The van der Waals surface area contributed by atoms with Gasteiger partial charge in [-0.25, -0.2) is 4.39 Å². The molecule has 4 nitrogen and oxygen atoms in total. The lowest BCUT2D eigenvalue weighted by atomic mass is 10.0. The number of amides is 1. The van der Waals surface area contributed by atoms with Crippen LogP contribution in [-0.2, 0) is 0 Å². The first-order chi connectivity index (χ1) is 8.09. The van der Waals surface area contributed by atoms with E-state index in [1.807, 2.05) is 0 Å². The number of aliphatic imine (C=N–C) groups is 1. The van der Waals surface area contributed by atoms with E-state index in [0.717, 1.165) is 0 Å². The molecule has 0 aliphatic heterocycles. The van der Waals surface area contributed by atoms with Crippen LogP contribution >= 0.6 is 0 Å². The zero-order valence-corrected chi connectivity index (χ0v) is 8.85. The summed E-state index contributed by atoms with van der Waals surface area (Å²) in [6, 6.07) is 9.24. The number of fused-ring (bicyclic) bond motifs is 1. The summed E-state index contributed by atoms with van der Waals surface area (Å²) in [6.45, 7) is 0. The van der Waals surface area contributed by atoms with E-state index in [4.69, 9.17) is 11.5 Å². The summed E-state index contributed by atoms with van der Waals surface area (Å²) in [5.74, 6) is -1.29. The molecule has 0 saturated carbocycles. The van der Waals surface area contributed by atoms with Crippen LogP contribution < -0.4 is 11.5 Å². The first kappa shape index (κ1) is 11.1. The molecule has 0 radical (unpaired) electrons. The molecular weight excluding hydrogens is 221 g/mol. The minimum Gasteiger partial charge on any atom is -0.370 e. The van der Waals surface area contributed by atoms with E-state index in [9.17, 15) is 9.18 Å². The second kappa shape index (κ2) is 4.21. The average Bonchev–Trinajstić information content (AvgIpc) is 2.29. The standard InChI is InChI=1S/C12H10FN3O/c13-10-6-5-9(11(17)16-12(14)15)7-3-1-2-4-8(7)10/h1-6H,(H4,14,15,16,17). The minimum atomic E-state index is -0.582. The Hall–Kier alpha value is -2.43. The maximum atomic E-state index is 13.5. The molecular formula is C12H10FN3O. The number of halogens is 1. The van der Waals surface area contributed by atoms with E-state index in [1.165, 1.54) is 12.1 Å². The summed E-state index contributed by atoms with van der Waals surface area (Å²) in [5.41, 5.74) is 10.5. The Morgan fingerprint density at radius 2 is 1.71 bits per heavy atom. The third-order valence-corrected chi connectivity index (χ3v) is 2.33. The highest BCUT2D eigenvalue weighted by atomic mass is 19.1. The molecule has 86 valence electrons. The highest BCUT2D eigenvalue weighted by Gasteiger charge is 2.11. The number of benzene rings is 2. The van der Waals surface area contributed by atoms with Crippen molar-refractivity contribution >= 4 is 22.6 Å². The monoisotopic (exact) mass is 231 g/mol. The molecule has 2 aromatic carbocycles. The fourth-order valence-electron chi connectivity index (χ4n) is 1.63. The maximum absolute atomic E-state index is 13.5. The molecule has 0 spiro atoms. The van der Waals surface area contributed by atoms with Crippen LogP contribution in [0.3, 0.4) is 0 Å². The maximum Gasteiger partial charge on any atom is 0.280 e. The van der Waals surface area contributed by atoms with E-state index in [-0.39, 0.29) is 17.3 Å². The summed E-state index contributed by atoms with van der Waals surface area (Å²) in [7, 11) is 0. The topological polar surface area (TPSA) is 81.5 Å². The molecule has 5 heteroatoms. The van der Waals surface area contributed by atoms with Gasteiger partial charge in [0.2, 0.25) is 0 Å². The third-order valence-electron chi connectivity index (χ3n) is 2.33. The fourth-order valence-corrected chi connectivity index (χ4v) is 1.63. The Morgan fingerprint density at radius 1 is 1.06 bits per heavy atom. The molecule has 0 atom stereocenters. The van der Waals surface area contributed by atoms with E-state index in [0.29, 0.717) is 10.8 Å². The summed E-state index contributed by atoms with van der Waals surface area (Å²) < 4.78 is 13.5. The molecule has 0 aliphatic carbocycles. The van der Waals surface area contributed by atoms with Gasteiger partial charge in [-0.1, -0.05) is 24.3 Å². The van der Waals surface area contributed by atoms with Gasteiger partial charge in [-0.05, 0) is 17.5 Å². The van der Waals surface area contributed by atoms with Crippen LogP contribution in [-0.4, -0.2) is 11.9 Å². The van der Waals surface area contributed by atoms with Gasteiger partial charge in [0.25, 0.3) is 5.91 Å². The average molecular weight is 231 g/mol. The van der Waals surface area contributed by atoms with E-state index < -0.39 is 5.91 Å². The summed E-state index contributed by atoms with van der Waals surface area (Å²) in [5, 5.41) is 0.853. The van der Waals surface area contributed by atoms with Crippen LogP contribution in [0, 0.1) is 5.82 Å². The predicted molar refractivity (Wildman–Crippen MR) is 64.0 cm³/mol. The zero-order valence-electron chi connectivity index (χ0n) is 8.85. The van der Waals surface area contributed by atoms with Gasteiger partial charge in [0.05, 0.1) is 0 Å². The molecule has 0 aromatic heterocycles. The Kier molecular flexibility index (Phi) is 2.74. The van der Waals surface area contributed by atoms with Gasteiger partial charge in [0.1, 0.15) is 5.82 Å². The van der Waals surface area contributed by atoms with E-state index in [2.05, 4.69) is 4.99 Å². The summed E-state index contributed by atoms with van der Waals surface area (Å²) in [4.78, 5) is 15.1. The molecule has 0 bridgehead atoms. The van der Waals surface area contributed by atoms with Crippen LogP contribution in [0.5, 0.6) is 0 Å². The number of hydrogen-bond donors (Lipinski definition) is 2. The van der Waals surface area contributed by atoms with Gasteiger partial charge in [0, 0.05) is 10.9 Å². The van der Waals surface area contributed by atoms with Gasteiger partial charge in [-0.15, -0.1) is 0 Å². The number of guanidine groups is 1. The highest BCUT2D eigenvalue weighted by Crippen LogP contribution is 2.22. The van der Waals surface area contributed by atoms with Gasteiger partial charge >= 0.3 is 0 Å². The molecule has 2 aromatic rings. The Labute approximate surface area is 96.7 Å². The fraction of sp³-hybridized carbons (Fsp3) is 0. The number of nitrogens with zero attached hydrogens (tertiary/aromatic N) is 1. The molecule has 0 heterocycles. The van der Waals surface area contributed by atoms with Gasteiger partial charge < -0.3 is 11.5 Å². The minimum absolute atomic E-state index is 0.274. The predicted octanol–water partition coefficient (Wildman–Crippen LogP) is 1.39. The van der Waals surface area contributed by atoms with Gasteiger partial charge in [0.15, 0.2) is 5.96 Å². The van der Waals surface area contributed by atoms with Crippen LogP contribution in [0.15, 0.2) is 41.4 Å². The molecule has 0 unspecified atom stereocenters. The van der Waals surface area contributed by atoms with E-state index >= 15 is 0 Å². The number of nitrogens with two attached hydrogens (primary N) is 2.